The van der Waals surface area contributed by atoms with E-state index in [1.54, 1.807) is 24.6 Å². The van der Waals surface area contributed by atoms with Crippen molar-refractivity contribution in [3.8, 4) is 10.4 Å². The Kier molecular flexibility index (Phi) is 8.68. The molecule has 0 radical (unpaired) electrons. The van der Waals surface area contributed by atoms with Gasteiger partial charge in [0.2, 0.25) is 0 Å². The smallest absolute Gasteiger partial charge is 0.350 e. The summed E-state index contributed by atoms with van der Waals surface area (Å²) < 4.78 is 11.8. The van der Waals surface area contributed by atoms with Gasteiger partial charge < -0.3 is 19.4 Å². The van der Waals surface area contributed by atoms with Crippen molar-refractivity contribution in [2.75, 3.05) is 18.5 Å². The van der Waals surface area contributed by atoms with Gasteiger partial charge in [-0.2, -0.15) is 0 Å². The number of nitro benzene ring substituents is 1. The third-order valence-electron chi connectivity index (χ3n) is 5.12. The molecular formula is C25H21N5O7S2. The third-order valence-corrected chi connectivity index (χ3v) is 7.40. The Hall–Kier alpha value is -4.56. The van der Waals surface area contributed by atoms with Crippen molar-refractivity contribution in [3.63, 3.8) is 0 Å². The SMILES string of the molecule is CCOC(=O)c1sc(-c2ccccc2)cc1NC(=O)COC(=O)c1ccc(Sc2nncn2C)c([N+](=O)[O-])c1. The van der Waals surface area contributed by atoms with Gasteiger partial charge in [-0.05, 0) is 42.4 Å². The summed E-state index contributed by atoms with van der Waals surface area (Å²) in [4.78, 5) is 49.8. The number of rotatable bonds is 10. The van der Waals surface area contributed by atoms with Gasteiger partial charge in [-0.15, -0.1) is 21.5 Å². The highest BCUT2D eigenvalue weighted by Crippen LogP contribution is 2.36. The number of hydrogen-bond donors (Lipinski definition) is 1. The fraction of sp³-hybridized carbons (Fsp3) is 0.160. The zero-order valence-corrected chi connectivity index (χ0v) is 22.3. The van der Waals surface area contributed by atoms with Gasteiger partial charge in [-0.1, -0.05) is 30.3 Å². The average Bonchev–Trinajstić information content (AvgIpc) is 3.54. The van der Waals surface area contributed by atoms with Crippen LogP contribution in [0.1, 0.15) is 27.0 Å². The van der Waals surface area contributed by atoms with Gasteiger partial charge in [-0.25, -0.2) is 9.59 Å². The largest absolute Gasteiger partial charge is 0.462 e. The average molecular weight is 568 g/mol. The maximum Gasteiger partial charge on any atom is 0.350 e. The van der Waals surface area contributed by atoms with E-state index in [1.165, 1.54) is 18.5 Å². The Bertz CT molecular complexity index is 1530. The van der Waals surface area contributed by atoms with Crippen molar-refractivity contribution in [1.82, 2.24) is 14.8 Å². The maximum absolute atomic E-state index is 12.6. The molecule has 0 saturated heterocycles. The quantitative estimate of drug-likeness (QED) is 0.164. The summed E-state index contributed by atoms with van der Waals surface area (Å²) in [6.07, 6.45) is 1.46. The van der Waals surface area contributed by atoms with E-state index in [1.807, 2.05) is 30.3 Å². The number of amides is 1. The van der Waals surface area contributed by atoms with Crippen molar-refractivity contribution in [2.45, 2.75) is 17.0 Å². The Morgan fingerprint density at radius 1 is 1.10 bits per heavy atom. The minimum atomic E-state index is -0.927. The lowest BCUT2D eigenvalue weighted by atomic mass is 10.2. The van der Waals surface area contributed by atoms with Gasteiger partial charge >= 0.3 is 11.9 Å². The number of nitro groups is 1. The summed E-state index contributed by atoms with van der Waals surface area (Å²) in [5.74, 6) is -2.22. The molecule has 0 aliphatic heterocycles. The van der Waals surface area contributed by atoms with E-state index >= 15 is 0 Å². The fourth-order valence-corrected chi connectivity index (χ4v) is 5.18. The monoisotopic (exact) mass is 567 g/mol. The normalized spacial score (nSPS) is 10.6. The minimum absolute atomic E-state index is 0.106. The van der Waals surface area contributed by atoms with Gasteiger partial charge in [0.25, 0.3) is 11.6 Å². The fourth-order valence-electron chi connectivity index (χ4n) is 3.31. The predicted molar refractivity (Wildman–Crippen MR) is 143 cm³/mol. The molecule has 0 aliphatic carbocycles. The Morgan fingerprint density at radius 3 is 2.54 bits per heavy atom. The Labute approximate surface area is 230 Å². The molecule has 0 spiro atoms. The van der Waals surface area contributed by atoms with Crippen LogP contribution in [0, 0.1) is 10.1 Å². The van der Waals surface area contributed by atoms with Crippen LogP contribution >= 0.6 is 23.1 Å². The van der Waals surface area contributed by atoms with E-state index in [2.05, 4.69) is 15.5 Å². The lowest BCUT2D eigenvalue weighted by Gasteiger charge is -2.08. The summed E-state index contributed by atoms with van der Waals surface area (Å²) >= 11 is 2.18. The number of thiophene rings is 1. The van der Waals surface area contributed by atoms with Gasteiger partial charge in [0.1, 0.15) is 11.2 Å². The van der Waals surface area contributed by atoms with Crippen LogP contribution in [0.2, 0.25) is 0 Å². The highest BCUT2D eigenvalue weighted by Gasteiger charge is 2.23. The van der Waals surface area contributed by atoms with E-state index in [0.29, 0.717) is 5.16 Å². The first-order chi connectivity index (χ1) is 18.8. The van der Waals surface area contributed by atoms with Crippen LogP contribution in [0.25, 0.3) is 10.4 Å². The number of nitrogens with zero attached hydrogens (tertiary/aromatic N) is 4. The number of benzene rings is 2. The molecule has 39 heavy (non-hydrogen) atoms. The van der Waals surface area contributed by atoms with E-state index in [0.717, 1.165) is 39.6 Å². The van der Waals surface area contributed by atoms with Gasteiger partial charge in [-0.3, -0.25) is 14.9 Å². The van der Waals surface area contributed by atoms with Gasteiger partial charge in [0.15, 0.2) is 11.8 Å². The summed E-state index contributed by atoms with van der Waals surface area (Å²) in [6.45, 7) is 1.15. The van der Waals surface area contributed by atoms with Crippen LogP contribution in [0.4, 0.5) is 11.4 Å². The molecule has 0 aliphatic rings. The number of aromatic nitrogens is 3. The maximum atomic E-state index is 12.6. The third kappa shape index (κ3) is 6.66. The number of aryl methyl sites for hydroxylation is 1. The van der Waals surface area contributed by atoms with Gasteiger partial charge in [0, 0.05) is 18.0 Å². The number of hydrogen-bond acceptors (Lipinski definition) is 11. The lowest BCUT2D eigenvalue weighted by Crippen LogP contribution is -2.21. The van der Waals surface area contributed by atoms with Crippen LogP contribution in [-0.2, 0) is 21.3 Å². The standard InChI is InChI=1S/C25H21N5O7S2/c1-3-36-24(33)22-17(12-20(38-22)15-7-5-4-6-8-15)27-21(31)13-37-23(32)16-9-10-19(18(11-16)30(34)35)39-25-28-26-14-29(25)2/h4-12,14H,3,13H2,1-2H3,(H,27,31). The molecule has 1 N–H and O–H groups in total. The Balaban J connectivity index is 1.45. The molecule has 0 atom stereocenters. The first kappa shape index (κ1) is 27.5. The van der Waals surface area contributed by atoms with E-state index in [4.69, 9.17) is 9.47 Å². The number of anilines is 1. The first-order valence-corrected chi connectivity index (χ1v) is 13.0. The summed E-state index contributed by atoms with van der Waals surface area (Å²) in [7, 11) is 1.69. The molecule has 2 heterocycles. The molecule has 0 bridgehead atoms. The molecule has 2 aromatic heterocycles. The molecule has 4 rings (SSSR count). The van der Waals surface area contributed by atoms with Crippen LogP contribution in [0.15, 0.2) is 71.0 Å². The number of ether oxygens (including phenoxy) is 2. The lowest BCUT2D eigenvalue weighted by molar-refractivity contribution is -0.387. The van der Waals surface area contributed by atoms with Gasteiger partial charge in [0.05, 0.1) is 27.7 Å². The summed E-state index contributed by atoms with van der Waals surface area (Å²) in [6, 6.07) is 14.8. The van der Waals surface area contributed by atoms with Crippen molar-refractivity contribution < 1.29 is 28.8 Å². The van der Waals surface area contributed by atoms with E-state index in [-0.39, 0.29) is 33.3 Å². The topological polar surface area (TPSA) is 156 Å². The Morgan fingerprint density at radius 2 is 1.87 bits per heavy atom. The summed E-state index contributed by atoms with van der Waals surface area (Å²) in [5, 5.41) is 22.2. The van der Waals surface area contributed by atoms with Crippen LogP contribution < -0.4 is 5.32 Å². The molecule has 0 unspecified atom stereocenters. The zero-order chi connectivity index (χ0) is 27.9. The highest BCUT2D eigenvalue weighted by molar-refractivity contribution is 7.99. The molecule has 1 amide bonds. The second kappa shape index (κ2) is 12.3. The summed E-state index contributed by atoms with van der Waals surface area (Å²) in [5.41, 5.74) is 0.639. The highest BCUT2D eigenvalue weighted by atomic mass is 32.2. The number of nitrogens with one attached hydrogen (secondary N) is 1. The van der Waals surface area contributed by atoms with Crippen molar-refractivity contribution >= 4 is 52.3 Å². The molecule has 200 valence electrons. The van der Waals surface area contributed by atoms with Crippen LogP contribution in [0.3, 0.4) is 0 Å². The molecule has 12 nitrogen and oxygen atoms in total. The molecule has 14 heteroatoms. The van der Waals surface area contributed by atoms with Crippen molar-refractivity contribution in [1.29, 1.82) is 0 Å². The molecule has 0 saturated carbocycles. The zero-order valence-electron chi connectivity index (χ0n) is 20.7. The van der Waals surface area contributed by atoms with Crippen LogP contribution in [0.5, 0.6) is 0 Å². The number of carbonyl (C=O) groups excluding carboxylic acids is 3. The number of esters is 2. The molecule has 4 aromatic rings. The molecule has 2 aromatic carbocycles. The molecule has 0 fully saturated rings. The second-order valence-electron chi connectivity index (χ2n) is 7.83. The van der Waals surface area contributed by atoms with Crippen molar-refractivity contribution in [2.24, 2.45) is 7.05 Å². The molecular weight excluding hydrogens is 546 g/mol. The van der Waals surface area contributed by atoms with Crippen LogP contribution in [-0.4, -0.2) is 50.7 Å². The second-order valence-corrected chi connectivity index (χ2v) is 9.89. The number of carbonyl (C=O) groups is 3. The van der Waals surface area contributed by atoms with E-state index in [9.17, 15) is 24.5 Å². The van der Waals surface area contributed by atoms with E-state index < -0.39 is 29.4 Å². The minimum Gasteiger partial charge on any atom is -0.462 e. The first-order valence-electron chi connectivity index (χ1n) is 11.4. The predicted octanol–water partition coefficient (Wildman–Crippen LogP) is 4.58. The van der Waals surface area contributed by atoms with Crippen molar-refractivity contribution in [3.05, 3.63) is 81.5 Å².